The van der Waals surface area contributed by atoms with Crippen molar-refractivity contribution >= 4 is 50.7 Å². The van der Waals surface area contributed by atoms with Gasteiger partial charge in [-0.05, 0) is 61.7 Å². The molecule has 1 aliphatic rings. The fraction of sp³-hybridized carbons (Fsp3) is 0.333. The van der Waals surface area contributed by atoms with Gasteiger partial charge in [0.15, 0.2) is 0 Å². The van der Waals surface area contributed by atoms with Crippen LogP contribution in [0.15, 0.2) is 77.7 Å². The highest BCUT2D eigenvalue weighted by molar-refractivity contribution is 7.92. The van der Waals surface area contributed by atoms with Gasteiger partial charge in [0.1, 0.15) is 12.6 Å². The number of carbonyl (C=O) groups excluding carboxylic acids is 2. The Morgan fingerprint density at radius 1 is 0.953 bits per heavy atom. The number of benzene rings is 3. The molecule has 0 unspecified atom stereocenters. The van der Waals surface area contributed by atoms with E-state index in [0.717, 1.165) is 37.8 Å². The lowest BCUT2D eigenvalue weighted by molar-refractivity contribution is -0.139. The Morgan fingerprint density at radius 3 is 2.21 bits per heavy atom. The van der Waals surface area contributed by atoms with Crippen molar-refractivity contribution in [3.8, 4) is 0 Å². The second-order valence-electron chi connectivity index (χ2n) is 10.3. The van der Waals surface area contributed by atoms with Crippen LogP contribution in [0.4, 0.5) is 18.9 Å². The molecule has 1 aliphatic carbocycles. The number of carbonyl (C=O) groups is 2. The lowest BCUT2D eigenvalue weighted by atomic mass is 10.1. The minimum atomic E-state index is -4.89. The van der Waals surface area contributed by atoms with Gasteiger partial charge >= 0.3 is 6.18 Å². The van der Waals surface area contributed by atoms with E-state index in [0.29, 0.717) is 21.0 Å². The van der Waals surface area contributed by atoms with Crippen molar-refractivity contribution in [2.45, 2.75) is 62.3 Å². The Bertz CT molecular complexity index is 1570. The molecule has 4 rings (SSSR count). The lowest BCUT2D eigenvalue weighted by Crippen LogP contribution is -2.52. The predicted molar refractivity (Wildman–Crippen MR) is 159 cm³/mol. The molecule has 2 amide bonds. The predicted octanol–water partition coefficient (Wildman–Crippen LogP) is 6.68. The number of nitrogens with one attached hydrogen (secondary N) is 1. The van der Waals surface area contributed by atoms with Gasteiger partial charge in [0, 0.05) is 17.6 Å². The summed E-state index contributed by atoms with van der Waals surface area (Å²) in [7, 11) is -4.55. The summed E-state index contributed by atoms with van der Waals surface area (Å²) in [4.78, 5) is 28.2. The van der Waals surface area contributed by atoms with Crippen LogP contribution in [0.2, 0.25) is 10.0 Å². The summed E-state index contributed by atoms with van der Waals surface area (Å²) in [6, 6.07) is 15.2. The summed E-state index contributed by atoms with van der Waals surface area (Å²) >= 11 is 12.2. The number of sulfonamides is 1. The van der Waals surface area contributed by atoms with Crippen molar-refractivity contribution in [3.05, 3.63) is 94.0 Å². The molecular weight excluding hydrogens is 626 g/mol. The molecule has 43 heavy (non-hydrogen) atoms. The van der Waals surface area contributed by atoms with Crippen LogP contribution >= 0.6 is 23.2 Å². The zero-order valence-corrected chi connectivity index (χ0v) is 25.5. The summed E-state index contributed by atoms with van der Waals surface area (Å²) < 4.78 is 69.5. The highest BCUT2D eigenvalue weighted by atomic mass is 35.5. The Morgan fingerprint density at radius 2 is 1.58 bits per heavy atom. The van der Waals surface area contributed by atoms with Crippen LogP contribution in [-0.4, -0.2) is 43.8 Å². The number of hydrogen-bond acceptors (Lipinski definition) is 4. The molecule has 0 aliphatic heterocycles. The van der Waals surface area contributed by atoms with Gasteiger partial charge in [0.25, 0.3) is 10.0 Å². The van der Waals surface area contributed by atoms with Gasteiger partial charge in [-0.1, -0.05) is 72.4 Å². The molecule has 3 aromatic rings. The lowest BCUT2D eigenvalue weighted by Gasteiger charge is -2.33. The summed E-state index contributed by atoms with van der Waals surface area (Å²) in [6.07, 6.45) is -1.34. The van der Waals surface area contributed by atoms with Crippen LogP contribution in [0, 0.1) is 0 Å². The molecule has 1 fully saturated rings. The first-order valence-electron chi connectivity index (χ1n) is 13.6. The van der Waals surface area contributed by atoms with Gasteiger partial charge in [-0.15, -0.1) is 0 Å². The number of rotatable bonds is 10. The van der Waals surface area contributed by atoms with Gasteiger partial charge in [-0.3, -0.25) is 13.9 Å². The summed E-state index contributed by atoms with van der Waals surface area (Å²) in [5, 5.41) is 2.64. The van der Waals surface area contributed by atoms with E-state index in [1.807, 2.05) is 0 Å². The molecule has 0 saturated heterocycles. The smallest absolute Gasteiger partial charge is 0.352 e. The van der Waals surface area contributed by atoms with E-state index in [1.165, 1.54) is 36.1 Å². The van der Waals surface area contributed by atoms with Crippen LogP contribution in [0.5, 0.6) is 0 Å². The molecule has 7 nitrogen and oxygen atoms in total. The first-order valence-corrected chi connectivity index (χ1v) is 15.8. The highest BCUT2D eigenvalue weighted by Crippen LogP contribution is 2.38. The second kappa shape index (κ2) is 13.6. The molecule has 0 radical (unpaired) electrons. The van der Waals surface area contributed by atoms with Gasteiger partial charge in [0.05, 0.1) is 21.2 Å². The topological polar surface area (TPSA) is 86.8 Å². The first-order chi connectivity index (χ1) is 20.3. The third-order valence-electron chi connectivity index (χ3n) is 7.32. The molecule has 1 N–H and O–H groups in total. The van der Waals surface area contributed by atoms with Crippen LogP contribution in [0.1, 0.15) is 43.7 Å². The number of nitrogens with zero attached hydrogens (tertiary/aromatic N) is 2. The molecule has 3 aromatic carbocycles. The molecule has 13 heteroatoms. The summed E-state index contributed by atoms with van der Waals surface area (Å²) in [5.41, 5.74) is -1.18. The maximum Gasteiger partial charge on any atom is 0.417 e. The molecule has 1 atom stereocenters. The normalized spacial score (nSPS) is 14.7. The molecule has 0 aromatic heterocycles. The van der Waals surface area contributed by atoms with E-state index in [2.05, 4.69) is 5.32 Å². The quantitative estimate of drug-likeness (QED) is 0.264. The first kappa shape index (κ1) is 32.6. The van der Waals surface area contributed by atoms with E-state index in [1.54, 1.807) is 30.3 Å². The standard InChI is InChI=1S/C30H30Cl2F3N3O4S/c1-20(29(40)36-22-10-6-7-11-22)37(18-21-9-5-8-14-26(21)31)28(39)19-38(43(41,42)24-12-3-2-4-13-24)23-15-16-27(32)25(17-23)30(33,34)35/h2-5,8-9,12-17,20,22H,6-7,10-11,18-19H2,1H3,(H,36,40)/t20-/m1/s1. The third-order valence-corrected chi connectivity index (χ3v) is 9.81. The van der Waals surface area contributed by atoms with Crippen molar-refractivity contribution < 1.29 is 31.2 Å². The van der Waals surface area contributed by atoms with Crippen LogP contribution in [0.25, 0.3) is 0 Å². The molecule has 230 valence electrons. The third kappa shape index (κ3) is 7.82. The van der Waals surface area contributed by atoms with Crippen LogP contribution in [-0.2, 0) is 32.3 Å². The number of amides is 2. The number of anilines is 1. The summed E-state index contributed by atoms with van der Waals surface area (Å²) in [6.45, 7) is 0.464. The molecule has 1 saturated carbocycles. The Kier molecular flexibility index (Phi) is 10.3. The maximum atomic E-state index is 14.0. The van der Waals surface area contributed by atoms with Crippen molar-refractivity contribution in [2.24, 2.45) is 0 Å². The van der Waals surface area contributed by atoms with E-state index < -0.39 is 56.9 Å². The molecular formula is C30H30Cl2F3N3O4S. The van der Waals surface area contributed by atoms with E-state index in [-0.39, 0.29) is 17.5 Å². The average Bonchev–Trinajstić information content (AvgIpc) is 3.48. The van der Waals surface area contributed by atoms with Crippen LogP contribution in [0.3, 0.4) is 0 Å². The van der Waals surface area contributed by atoms with Gasteiger partial charge in [-0.2, -0.15) is 13.2 Å². The van der Waals surface area contributed by atoms with Crippen molar-refractivity contribution in [2.75, 3.05) is 10.8 Å². The van der Waals surface area contributed by atoms with E-state index in [4.69, 9.17) is 23.2 Å². The second-order valence-corrected chi connectivity index (χ2v) is 12.9. The highest BCUT2D eigenvalue weighted by Gasteiger charge is 2.37. The minimum Gasteiger partial charge on any atom is -0.352 e. The van der Waals surface area contributed by atoms with E-state index in [9.17, 15) is 31.2 Å². The van der Waals surface area contributed by atoms with Gasteiger partial charge < -0.3 is 10.2 Å². The summed E-state index contributed by atoms with van der Waals surface area (Å²) in [5.74, 6) is -1.26. The average molecular weight is 657 g/mol. The van der Waals surface area contributed by atoms with Gasteiger partial charge in [-0.25, -0.2) is 8.42 Å². The fourth-order valence-electron chi connectivity index (χ4n) is 4.92. The van der Waals surface area contributed by atoms with Gasteiger partial charge in [0.2, 0.25) is 11.8 Å². The zero-order valence-electron chi connectivity index (χ0n) is 23.2. The zero-order chi connectivity index (χ0) is 31.4. The maximum absolute atomic E-state index is 14.0. The monoisotopic (exact) mass is 655 g/mol. The number of alkyl halides is 3. The Balaban J connectivity index is 1.75. The van der Waals surface area contributed by atoms with Crippen molar-refractivity contribution in [3.63, 3.8) is 0 Å². The molecule has 0 spiro atoms. The van der Waals surface area contributed by atoms with Crippen molar-refractivity contribution in [1.29, 1.82) is 0 Å². The largest absolute Gasteiger partial charge is 0.417 e. The minimum absolute atomic E-state index is 0.0444. The van der Waals surface area contributed by atoms with Crippen LogP contribution < -0.4 is 9.62 Å². The SMILES string of the molecule is C[C@H](C(=O)NC1CCCC1)N(Cc1ccccc1Cl)C(=O)CN(c1ccc(Cl)c(C(F)(F)F)c1)S(=O)(=O)c1ccccc1. The number of hydrogen-bond donors (Lipinski definition) is 1. The Labute approximate surface area is 258 Å². The Hall–Kier alpha value is -3.28. The van der Waals surface area contributed by atoms with Crippen molar-refractivity contribution in [1.82, 2.24) is 10.2 Å². The molecule has 0 bridgehead atoms. The van der Waals surface area contributed by atoms with E-state index >= 15 is 0 Å². The molecule has 0 heterocycles. The fourth-order valence-corrected chi connectivity index (χ4v) is 6.77. The number of halogens is 5.